The average molecular weight is 462 g/mol. The van der Waals surface area contributed by atoms with Gasteiger partial charge in [-0.3, -0.25) is 0 Å². The summed E-state index contributed by atoms with van der Waals surface area (Å²) < 4.78 is 7.72. The highest BCUT2D eigenvalue weighted by molar-refractivity contribution is 5.90. The minimum atomic E-state index is 0.252. The Bertz CT molecular complexity index is 1270. The number of aromatic nitrogens is 5. The van der Waals surface area contributed by atoms with Gasteiger partial charge in [0.15, 0.2) is 11.5 Å². The molecule has 0 atom stereocenters. The van der Waals surface area contributed by atoms with Crippen molar-refractivity contribution in [2.24, 2.45) is 0 Å². The number of benzene rings is 1. The number of rotatable bonds is 6. The number of fused-ring (bicyclic) bond motifs is 2. The molecule has 4 aromatic rings. The number of nitrogens with zero attached hydrogens (tertiary/aromatic N) is 6. The lowest BCUT2D eigenvalue weighted by Crippen LogP contribution is -2.37. The number of H-pyrrole nitrogens is 1. The number of likely N-dealkylation sites (tertiary alicyclic amines) is 1. The fourth-order valence-electron chi connectivity index (χ4n) is 5.20. The van der Waals surface area contributed by atoms with Crippen LogP contribution in [-0.2, 0) is 4.74 Å². The van der Waals surface area contributed by atoms with Crippen molar-refractivity contribution in [2.45, 2.75) is 25.3 Å². The molecule has 0 saturated carbocycles. The van der Waals surface area contributed by atoms with Crippen LogP contribution in [0, 0.1) is 0 Å². The molecule has 0 aliphatic carbocycles. The molecular formula is C25H31N7O2. The van der Waals surface area contributed by atoms with Gasteiger partial charge in [-0.1, -0.05) is 0 Å². The standard InChI is InChI=1S/C25H31N7O2/c33-13-1-8-30-9-5-20(6-10-30)32-25-21(17-27-32)24(31-11-14-34-15-12-31)28-23(29-25)19-2-3-22-18(16-19)4-7-26-22/h2-4,7,16-17,20,26,33H,1,5-6,8-15H2. The van der Waals surface area contributed by atoms with Crippen LogP contribution in [0.15, 0.2) is 36.7 Å². The van der Waals surface area contributed by atoms with Gasteiger partial charge in [-0.05, 0) is 43.5 Å². The van der Waals surface area contributed by atoms with Crippen molar-refractivity contribution in [3.8, 4) is 11.4 Å². The van der Waals surface area contributed by atoms with Crippen molar-refractivity contribution in [2.75, 3.05) is 57.4 Å². The summed E-state index contributed by atoms with van der Waals surface area (Å²) in [6.45, 7) is 6.29. The minimum absolute atomic E-state index is 0.252. The van der Waals surface area contributed by atoms with Gasteiger partial charge in [-0.25, -0.2) is 14.6 Å². The lowest BCUT2D eigenvalue weighted by Gasteiger charge is -2.32. The molecule has 2 aliphatic heterocycles. The molecule has 2 fully saturated rings. The summed E-state index contributed by atoms with van der Waals surface area (Å²) in [4.78, 5) is 18.1. The predicted octanol–water partition coefficient (Wildman–Crippen LogP) is 2.83. The van der Waals surface area contributed by atoms with Gasteiger partial charge in [-0.15, -0.1) is 0 Å². The molecule has 0 radical (unpaired) electrons. The van der Waals surface area contributed by atoms with E-state index in [4.69, 9.17) is 24.9 Å². The number of hydrogen-bond donors (Lipinski definition) is 2. The van der Waals surface area contributed by atoms with Crippen LogP contribution in [0.2, 0.25) is 0 Å². The van der Waals surface area contributed by atoms with Crippen LogP contribution >= 0.6 is 0 Å². The van der Waals surface area contributed by atoms with E-state index in [2.05, 4.69) is 43.7 Å². The zero-order valence-corrected chi connectivity index (χ0v) is 19.4. The lowest BCUT2D eigenvalue weighted by atomic mass is 10.1. The average Bonchev–Trinajstić information content (AvgIpc) is 3.54. The Hall–Kier alpha value is -3.01. The van der Waals surface area contributed by atoms with Crippen molar-refractivity contribution in [3.05, 3.63) is 36.7 Å². The normalized spacial score (nSPS) is 18.3. The van der Waals surface area contributed by atoms with Crippen molar-refractivity contribution in [1.82, 2.24) is 29.6 Å². The van der Waals surface area contributed by atoms with Crippen molar-refractivity contribution in [3.63, 3.8) is 0 Å². The van der Waals surface area contributed by atoms with Crippen molar-refractivity contribution < 1.29 is 9.84 Å². The van der Waals surface area contributed by atoms with Gasteiger partial charge in [0, 0.05) is 62.0 Å². The van der Waals surface area contributed by atoms with Gasteiger partial charge in [0.05, 0.1) is 30.8 Å². The van der Waals surface area contributed by atoms with Crippen molar-refractivity contribution in [1.29, 1.82) is 0 Å². The zero-order chi connectivity index (χ0) is 22.9. The minimum Gasteiger partial charge on any atom is -0.396 e. The number of piperidine rings is 1. The highest BCUT2D eigenvalue weighted by atomic mass is 16.5. The van der Waals surface area contributed by atoms with Crippen LogP contribution in [-0.4, -0.2) is 87.3 Å². The largest absolute Gasteiger partial charge is 0.396 e. The van der Waals surface area contributed by atoms with E-state index in [1.165, 1.54) is 0 Å². The number of aromatic amines is 1. The van der Waals surface area contributed by atoms with E-state index < -0.39 is 0 Å². The molecule has 34 heavy (non-hydrogen) atoms. The van der Waals surface area contributed by atoms with Crippen LogP contribution in [0.25, 0.3) is 33.3 Å². The number of aliphatic hydroxyl groups is 1. The summed E-state index contributed by atoms with van der Waals surface area (Å²) in [6, 6.07) is 8.72. The number of anilines is 1. The first-order valence-corrected chi connectivity index (χ1v) is 12.3. The molecule has 0 bridgehead atoms. The summed E-state index contributed by atoms with van der Waals surface area (Å²) in [7, 11) is 0. The first-order valence-electron chi connectivity index (χ1n) is 12.3. The number of ether oxygens (including phenoxy) is 1. The Balaban J connectivity index is 1.39. The third-order valence-corrected chi connectivity index (χ3v) is 7.09. The Morgan fingerprint density at radius 3 is 2.74 bits per heavy atom. The SMILES string of the molecule is OCCCN1CCC(n2ncc3c(N4CCOCC4)nc(-c4ccc5[nH]ccc5c4)nc32)CC1. The first-order chi connectivity index (χ1) is 16.8. The lowest BCUT2D eigenvalue weighted by molar-refractivity contribution is 0.122. The summed E-state index contributed by atoms with van der Waals surface area (Å²) in [5, 5.41) is 16.1. The molecule has 2 saturated heterocycles. The molecule has 9 nitrogen and oxygen atoms in total. The Morgan fingerprint density at radius 1 is 1.06 bits per heavy atom. The van der Waals surface area contributed by atoms with E-state index in [0.717, 1.165) is 91.1 Å². The number of aliphatic hydroxyl groups excluding tert-OH is 1. The second-order valence-electron chi connectivity index (χ2n) is 9.23. The van der Waals surface area contributed by atoms with Gasteiger partial charge < -0.3 is 24.6 Å². The maximum Gasteiger partial charge on any atom is 0.164 e. The number of hydrogen-bond acceptors (Lipinski definition) is 7. The van der Waals surface area contributed by atoms with Crippen LogP contribution in [0.1, 0.15) is 25.3 Å². The van der Waals surface area contributed by atoms with Gasteiger partial charge in [-0.2, -0.15) is 5.10 Å². The van der Waals surface area contributed by atoms with E-state index in [1.807, 2.05) is 12.4 Å². The number of nitrogens with one attached hydrogen (secondary N) is 1. The highest BCUT2D eigenvalue weighted by Crippen LogP contribution is 2.32. The fraction of sp³-hybridized carbons (Fsp3) is 0.480. The van der Waals surface area contributed by atoms with E-state index in [0.29, 0.717) is 19.3 Å². The second-order valence-corrected chi connectivity index (χ2v) is 9.23. The Labute approximate surface area is 198 Å². The molecule has 0 amide bonds. The van der Waals surface area contributed by atoms with Gasteiger partial charge in [0.2, 0.25) is 0 Å². The monoisotopic (exact) mass is 461 g/mol. The summed E-state index contributed by atoms with van der Waals surface area (Å²) in [5.74, 6) is 1.68. The maximum atomic E-state index is 9.15. The van der Waals surface area contributed by atoms with Crippen molar-refractivity contribution >= 4 is 27.8 Å². The number of morpholine rings is 1. The Kier molecular flexibility index (Phi) is 5.90. The summed E-state index contributed by atoms with van der Waals surface area (Å²) in [6.07, 6.45) is 6.80. The highest BCUT2D eigenvalue weighted by Gasteiger charge is 2.26. The fourth-order valence-corrected chi connectivity index (χ4v) is 5.20. The van der Waals surface area contributed by atoms with Crippen LogP contribution < -0.4 is 4.90 Å². The van der Waals surface area contributed by atoms with Gasteiger partial charge >= 0.3 is 0 Å². The predicted molar refractivity (Wildman–Crippen MR) is 132 cm³/mol. The van der Waals surface area contributed by atoms with Crippen LogP contribution in [0.5, 0.6) is 0 Å². The third-order valence-electron chi connectivity index (χ3n) is 7.09. The molecule has 5 heterocycles. The first kappa shape index (κ1) is 21.5. The molecule has 178 valence electrons. The molecule has 2 aliphatic rings. The molecule has 6 rings (SSSR count). The summed E-state index contributed by atoms with van der Waals surface area (Å²) in [5.41, 5.74) is 3.03. The van der Waals surface area contributed by atoms with Gasteiger partial charge in [0.1, 0.15) is 5.82 Å². The topological polar surface area (TPSA) is 95.3 Å². The van der Waals surface area contributed by atoms with Gasteiger partial charge in [0.25, 0.3) is 0 Å². The van der Waals surface area contributed by atoms with E-state index in [1.54, 1.807) is 0 Å². The van der Waals surface area contributed by atoms with E-state index >= 15 is 0 Å². The molecule has 2 N–H and O–H groups in total. The van der Waals surface area contributed by atoms with Crippen LogP contribution in [0.3, 0.4) is 0 Å². The quantitative estimate of drug-likeness (QED) is 0.456. The second kappa shape index (κ2) is 9.32. The smallest absolute Gasteiger partial charge is 0.164 e. The molecule has 9 heteroatoms. The zero-order valence-electron chi connectivity index (χ0n) is 19.4. The molecule has 3 aromatic heterocycles. The molecule has 0 unspecified atom stereocenters. The van der Waals surface area contributed by atoms with E-state index in [9.17, 15) is 0 Å². The van der Waals surface area contributed by atoms with E-state index in [-0.39, 0.29) is 6.61 Å². The molecule has 0 spiro atoms. The molecule has 1 aromatic carbocycles. The third kappa shape index (κ3) is 4.04. The Morgan fingerprint density at radius 2 is 1.91 bits per heavy atom. The maximum absolute atomic E-state index is 9.15. The summed E-state index contributed by atoms with van der Waals surface area (Å²) >= 11 is 0. The molecular weight excluding hydrogens is 430 g/mol. The van der Waals surface area contributed by atoms with Crippen LogP contribution in [0.4, 0.5) is 5.82 Å².